The van der Waals surface area contributed by atoms with Gasteiger partial charge in [0, 0.05) is 29.6 Å². The van der Waals surface area contributed by atoms with Crippen molar-refractivity contribution in [3.8, 4) is 11.5 Å². The van der Waals surface area contributed by atoms with Crippen LogP contribution < -0.4 is 20.1 Å². The first kappa shape index (κ1) is 19.6. The fraction of sp³-hybridized carbons (Fsp3) is 0.158. The lowest BCUT2D eigenvalue weighted by Crippen LogP contribution is -2.23. The van der Waals surface area contributed by atoms with E-state index in [9.17, 15) is 13.6 Å². The highest BCUT2D eigenvalue weighted by Crippen LogP contribution is 2.32. The van der Waals surface area contributed by atoms with Crippen LogP contribution in [0, 0.1) is 11.6 Å². The fourth-order valence-corrected chi connectivity index (χ4v) is 3.09. The van der Waals surface area contributed by atoms with Crippen molar-refractivity contribution in [2.45, 2.75) is 6.54 Å². The van der Waals surface area contributed by atoms with E-state index in [-0.39, 0.29) is 17.8 Å². The molecule has 146 valence electrons. The molecule has 2 aromatic carbocycles. The number of carbonyl (C=O) groups excluding carboxylic acids is 1. The molecule has 28 heavy (non-hydrogen) atoms. The van der Waals surface area contributed by atoms with E-state index < -0.39 is 17.5 Å². The molecule has 0 atom stereocenters. The van der Waals surface area contributed by atoms with Crippen molar-refractivity contribution in [3.05, 3.63) is 64.7 Å². The van der Waals surface area contributed by atoms with Gasteiger partial charge in [-0.2, -0.15) is 0 Å². The van der Waals surface area contributed by atoms with E-state index in [0.29, 0.717) is 22.3 Å². The van der Waals surface area contributed by atoms with Crippen molar-refractivity contribution < 1.29 is 23.0 Å². The number of benzene rings is 2. The number of halogens is 2. The summed E-state index contributed by atoms with van der Waals surface area (Å²) in [5.74, 6) is -0.638. The summed E-state index contributed by atoms with van der Waals surface area (Å²) in [5, 5.41) is 7.71. The summed E-state index contributed by atoms with van der Waals surface area (Å²) in [6.07, 6.45) is 0. The van der Waals surface area contributed by atoms with Crippen molar-refractivity contribution >= 4 is 28.1 Å². The molecule has 0 bridgehead atoms. The molecule has 0 spiro atoms. The lowest BCUT2D eigenvalue weighted by atomic mass is 10.2. The summed E-state index contributed by atoms with van der Waals surface area (Å²) in [6.45, 7) is -0.0719. The first-order valence-corrected chi connectivity index (χ1v) is 9.05. The summed E-state index contributed by atoms with van der Waals surface area (Å²) >= 11 is 1.24. The zero-order valence-corrected chi connectivity index (χ0v) is 15.9. The van der Waals surface area contributed by atoms with Gasteiger partial charge in [0.25, 0.3) is 5.91 Å². The third-order valence-electron chi connectivity index (χ3n) is 3.84. The maximum absolute atomic E-state index is 13.6. The van der Waals surface area contributed by atoms with Crippen LogP contribution in [0.4, 0.5) is 19.6 Å². The Bertz CT molecular complexity index is 994. The zero-order chi connectivity index (χ0) is 20.1. The van der Waals surface area contributed by atoms with Gasteiger partial charge in [-0.1, -0.05) is 6.07 Å². The second-order valence-electron chi connectivity index (χ2n) is 5.65. The van der Waals surface area contributed by atoms with Crippen LogP contribution in [0.25, 0.3) is 0 Å². The van der Waals surface area contributed by atoms with Gasteiger partial charge >= 0.3 is 0 Å². The van der Waals surface area contributed by atoms with Gasteiger partial charge in [-0.15, -0.1) is 11.3 Å². The van der Waals surface area contributed by atoms with Crippen LogP contribution in [0.3, 0.4) is 0 Å². The van der Waals surface area contributed by atoms with Gasteiger partial charge in [0.1, 0.15) is 28.8 Å². The summed E-state index contributed by atoms with van der Waals surface area (Å²) in [7, 11) is 3.10. The van der Waals surface area contributed by atoms with Crippen LogP contribution in [0.2, 0.25) is 0 Å². The molecule has 3 rings (SSSR count). The van der Waals surface area contributed by atoms with Crippen LogP contribution in [0.1, 0.15) is 16.1 Å². The van der Waals surface area contributed by atoms with Gasteiger partial charge in [0.05, 0.1) is 19.9 Å². The van der Waals surface area contributed by atoms with Gasteiger partial charge in [0.15, 0.2) is 5.13 Å². The SMILES string of the molecule is COc1ccc(Nc2nc(C(=O)NCc3ccc(F)cc3F)cs2)c(OC)c1. The smallest absolute Gasteiger partial charge is 0.271 e. The quantitative estimate of drug-likeness (QED) is 0.619. The molecule has 1 amide bonds. The average Bonchev–Trinajstić information content (AvgIpc) is 3.16. The molecule has 0 saturated heterocycles. The molecule has 0 saturated carbocycles. The molecule has 3 aromatic rings. The summed E-state index contributed by atoms with van der Waals surface area (Å²) < 4.78 is 37.0. The normalized spacial score (nSPS) is 10.4. The van der Waals surface area contributed by atoms with E-state index in [2.05, 4.69) is 15.6 Å². The number of nitrogens with one attached hydrogen (secondary N) is 2. The van der Waals surface area contributed by atoms with Gasteiger partial charge in [0.2, 0.25) is 0 Å². The number of thiazole rings is 1. The number of amides is 1. The maximum atomic E-state index is 13.6. The van der Waals surface area contributed by atoms with Crippen molar-refractivity contribution in [2.75, 3.05) is 19.5 Å². The number of hydrogen-bond donors (Lipinski definition) is 2. The highest BCUT2D eigenvalue weighted by atomic mass is 32.1. The van der Waals surface area contributed by atoms with Gasteiger partial charge in [-0.05, 0) is 18.2 Å². The van der Waals surface area contributed by atoms with E-state index in [0.717, 1.165) is 12.1 Å². The molecule has 0 radical (unpaired) electrons. The van der Waals surface area contributed by atoms with Crippen molar-refractivity contribution in [2.24, 2.45) is 0 Å². The predicted molar refractivity (Wildman–Crippen MR) is 102 cm³/mol. The molecule has 0 aliphatic heterocycles. The molecule has 0 unspecified atom stereocenters. The molecule has 1 heterocycles. The molecule has 2 N–H and O–H groups in total. The first-order chi connectivity index (χ1) is 13.5. The Morgan fingerprint density at radius 2 is 1.96 bits per heavy atom. The third-order valence-corrected chi connectivity index (χ3v) is 4.60. The number of aromatic nitrogens is 1. The number of anilines is 2. The molecule has 0 aliphatic carbocycles. The van der Waals surface area contributed by atoms with Crippen molar-refractivity contribution in [1.82, 2.24) is 10.3 Å². The molecular formula is C19H17F2N3O3S. The lowest BCUT2D eigenvalue weighted by molar-refractivity contribution is 0.0946. The monoisotopic (exact) mass is 405 g/mol. The minimum Gasteiger partial charge on any atom is -0.497 e. The van der Waals surface area contributed by atoms with Crippen LogP contribution in [-0.4, -0.2) is 25.1 Å². The average molecular weight is 405 g/mol. The molecule has 0 fully saturated rings. The topological polar surface area (TPSA) is 72.5 Å². The Morgan fingerprint density at radius 1 is 1.14 bits per heavy atom. The van der Waals surface area contributed by atoms with E-state index in [1.54, 1.807) is 30.7 Å². The van der Waals surface area contributed by atoms with Gasteiger partial charge in [-0.3, -0.25) is 4.79 Å². The Hall–Kier alpha value is -3.20. The second-order valence-corrected chi connectivity index (χ2v) is 6.51. The minimum atomic E-state index is -0.715. The summed E-state index contributed by atoms with van der Waals surface area (Å²) in [4.78, 5) is 16.5. The number of hydrogen-bond acceptors (Lipinski definition) is 6. The number of nitrogens with zero attached hydrogens (tertiary/aromatic N) is 1. The number of carbonyl (C=O) groups is 1. The van der Waals surface area contributed by atoms with Crippen molar-refractivity contribution in [3.63, 3.8) is 0 Å². The maximum Gasteiger partial charge on any atom is 0.271 e. The first-order valence-electron chi connectivity index (χ1n) is 8.17. The van der Waals surface area contributed by atoms with Crippen LogP contribution in [0.15, 0.2) is 41.8 Å². The number of ether oxygens (including phenoxy) is 2. The van der Waals surface area contributed by atoms with E-state index in [1.165, 1.54) is 24.5 Å². The van der Waals surface area contributed by atoms with E-state index >= 15 is 0 Å². The van der Waals surface area contributed by atoms with Gasteiger partial charge < -0.3 is 20.1 Å². The fourth-order valence-electron chi connectivity index (χ4n) is 2.38. The lowest BCUT2D eigenvalue weighted by Gasteiger charge is -2.10. The molecule has 1 aromatic heterocycles. The predicted octanol–water partition coefficient (Wildman–Crippen LogP) is 4.11. The number of methoxy groups -OCH3 is 2. The Morgan fingerprint density at radius 3 is 2.68 bits per heavy atom. The largest absolute Gasteiger partial charge is 0.497 e. The Labute approximate surface area is 164 Å². The van der Waals surface area contributed by atoms with E-state index in [1.807, 2.05) is 0 Å². The Kier molecular flexibility index (Phi) is 6.05. The second kappa shape index (κ2) is 8.66. The summed E-state index contributed by atoms with van der Waals surface area (Å²) in [6, 6.07) is 8.46. The van der Waals surface area contributed by atoms with Crippen LogP contribution in [-0.2, 0) is 6.54 Å². The molecule has 6 nitrogen and oxygen atoms in total. The highest BCUT2D eigenvalue weighted by Gasteiger charge is 2.13. The van der Waals surface area contributed by atoms with Gasteiger partial charge in [-0.25, -0.2) is 13.8 Å². The summed E-state index contributed by atoms with van der Waals surface area (Å²) in [5.41, 5.74) is 1.03. The van der Waals surface area contributed by atoms with Crippen molar-refractivity contribution in [1.29, 1.82) is 0 Å². The molecular weight excluding hydrogens is 388 g/mol. The minimum absolute atomic E-state index is 0.0719. The van der Waals surface area contributed by atoms with Crippen LogP contribution in [0.5, 0.6) is 11.5 Å². The van der Waals surface area contributed by atoms with Crippen LogP contribution >= 0.6 is 11.3 Å². The van der Waals surface area contributed by atoms with E-state index in [4.69, 9.17) is 9.47 Å². The standard InChI is InChI=1S/C19H17F2N3O3S/c1-26-13-5-6-15(17(8-13)27-2)23-19-24-16(10-28-19)18(25)22-9-11-3-4-12(20)7-14(11)21/h3-8,10H,9H2,1-2H3,(H,22,25)(H,23,24). The number of rotatable bonds is 7. The highest BCUT2D eigenvalue weighted by molar-refractivity contribution is 7.14. The molecule has 0 aliphatic rings. The zero-order valence-electron chi connectivity index (χ0n) is 15.1. The third kappa shape index (κ3) is 4.55. The Balaban J connectivity index is 1.65. The molecule has 9 heteroatoms.